The molecule has 0 aromatic heterocycles. The van der Waals surface area contributed by atoms with Gasteiger partial charge in [0.2, 0.25) is 5.91 Å². The maximum Gasteiger partial charge on any atom is 0.256 e. The number of nitrogens with one attached hydrogen (secondary N) is 1. The van der Waals surface area contributed by atoms with Crippen molar-refractivity contribution in [2.24, 2.45) is 0 Å². The number of rotatable bonds is 3. The summed E-state index contributed by atoms with van der Waals surface area (Å²) in [6.45, 7) is 1.89. The molecule has 2 rings (SSSR count). The maximum absolute atomic E-state index is 12.4. The summed E-state index contributed by atoms with van der Waals surface area (Å²) in [7, 11) is 1.50. The molecular formula is C13H15BrN2O3. The van der Waals surface area contributed by atoms with Gasteiger partial charge in [0.05, 0.1) is 11.4 Å². The number of hydrogen-bond acceptors (Lipinski definition) is 3. The fourth-order valence-corrected chi connectivity index (χ4v) is 2.41. The molecular weight excluding hydrogens is 312 g/mol. The van der Waals surface area contributed by atoms with E-state index < -0.39 is 6.10 Å². The first kappa shape index (κ1) is 14.0. The Labute approximate surface area is 120 Å². The molecule has 102 valence electrons. The second-order valence-electron chi connectivity index (χ2n) is 4.27. The van der Waals surface area contributed by atoms with E-state index in [1.54, 1.807) is 6.07 Å². The zero-order chi connectivity index (χ0) is 14.0. The summed E-state index contributed by atoms with van der Waals surface area (Å²) in [6.07, 6.45) is 0.0364. The van der Waals surface area contributed by atoms with Crippen LogP contribution >= 0.6 is 15.9 Å². The second kappa shape index (κ2) is 5.71. The summed E-state index contributed by atoms with van der Waals surface area (Å²) in [5.41, 5.74) is 1.33. The first-order valence-corrected chi connectivity index (χ1v) is 6.79. The van der Waals surface area contributed by atoms with Crippen molar-refractivity contribution in [3.63, 3.8) is 0 Å². The first-order valence-electron chi connectivity index (χ1n) is 6.00. The van der Waals surface area contributed by atoms with Crippen molar-refractivity contribution >= 4 is 39.1 Å². The number of hydrogen-bond donors (Lipinski definition) is 1. The molecule has 1 unspecified atom stereocenters. The summed E-state index contributed by atoms with van der Waals surface area (Å²) in [6, 6.07) is 5.40. The summed E-state index contributed by atoms with van der Waals surface area (Å²) < 4.78 is 6.01. The Bertz CT molecular complexity index is 515. The summed E-state index contributed by atoms with van der Waals surface area (Å²) >= 11 is 3.37. The molecule has 1 N–H and O–H groups in total. The maximum atomic E-state index is 12.4. The van der Waals surface area contributed by atoms with Crippen molar-refractivity contribution in [2.75, 3.05) is 23.9 Å². The van der Waals surface area contributed by atoms with Crippen LogP contribution in [0.5, 0.6) is 0 Å². The van der Waals surface area contributed by atoms with Crippen LogP contribution in [0.3, 0.4) is 0 Å². The Kier molecular flexibility index (Phi) is 4.21. The summed E-state index contributed by atoms with van der Waals surface area (Å²) in [4.78, 5) is 25.5. The van der Waals surface area contributed by atoms with Gasteiger partial charge in [-0.2, -0.15) is 0 Å². The van der Waals surface area contributed by atoms with Crippen LogP contribution in [0, 0.1) is 0 Å². The van der Waals surface area contributed by atoms with E-state index in [1.165, 1.54) is 12.0 Å². The van der Waals surface area contributed by atoms with Gasteiger partial charge in [-0.1, -0.05) is 22.9 Å². The van der Waals surface area contributed by atoms with Crippen molar-refractivity contribution in [2.45, 2.75) is 19.4 Å². The van der Waals surface area contributed by atoms with E-state index in [0.29, 0.717) is 17.8 Å². The molecule has 1 aromatic rings. The fourth-order valence-electron chi connectivity index (χ4n) is 2.06. The quantitative estimate of drug-likeness (QED) is 0.926. The Hall–Kier alpha value is -1.40. The van der Waals surface area contributed by atoms with Crippen LogP contribution in [0.4, 0.5) is 11.4 Å². The Morgan fingerprint density at radius 1 is 1.58 bits per heavy atom. The van der Waals surface area contributed by atoms with Gasteiger partial charge in [0.15, 0.2) is 0 Å². The Balaban J connectivity index is 2.39. The minimum absolute atomic E-state index is 0.0160. The molecule has 1 aromatic carbocycles. The van der Waals surface area contributed by atoms with Crippen LogP contribution in [0.2, 0.25) is 0 Å². The SMILES string of the molecule is CCC(OC)C(=O)N1CC(=O)Nc2ccc(Br)cc21. The van der Waals surface area contributed by atoms with Gasteiger partial charge < -0.3 is 10.1 Å². The van der Waals surface area contributed by atoms with Gasteiger partial charge in [0.25, 0.3) is 5.91 Å². The van der Waals surface area contributed by atoms with Gasteiger partial charge in [-0.25, -0.2) is 0 Å². The number of anilines is 2. The van der Waals surface area contributed by atoms with Crippen LogP contribution in [0.15, 0.2) is 22.7 Å². The minimum Gasteiger partial charge on any atom is -0.372 e. The van der Waals surface area contributed by atoms with Crippen LogP contribution in [0.1, 0.15) is 13.3 Å². The molecule has 0 saturated heterocycles. The molecule has 0 spiro atoms. The van der Waals surface area contributed by atoms with Crippen molar-refractivity contribution in [1.82, 2.24) is 0 Å². The number of fused-ring (bicyclic) bond motifs is 1. The Morgan fingerprint density at radius 2 is 2.32 bits per heavy atom. The highest BCUT2D eigenvalue weighted by atomic mass is 79.9. The number of carbonyl (C=O) groups excluding carboxylic acids is 2. The summed E-state index contributed by atoms with van der Waals surface area (Å²) in [5.74, 6) is -0.395. The standard InChI is InChI=1S/C13H15BrN2O3/c1-3-11(19-2)13(18)16-7-12(17)15-9-5-4-8(14)6-10(9)16/h4-6,11H,3,7H2,1-2H3,(H,15,17). The van der Waals surface area contributed by atoms with Crippen molar-refractivity contribution in [3.8, 4) is 0 Å². The lowest BCUT2D eigenvalue weighted by Gasteiger charge is -2.31. The van der Waals surface area contributed by atoms with Gasteiger partial charge in [-0.3, -0.25) is 14.5 Å². The molecule has 1 heterocycles. The highest BCUT2D eigenvalue weighted by molar-refractivity contribution is 9.10. The molecule has 0 saturated carbocycles. The highest BCUT2D eigenvalue weighted by Crippen LogP contribution is 2.32. The minimum atomic E-state index is -0.530. The zero-order valence-electron chi connectivity index (χ0n) is 10.8. The molecule has 0 radical (unpaired) electrons. The van der Waals surface area contributed by atoms with Crippen LogP contribution in [-0.4, -0.2) is 31.6 Å². The summed E-state index contributed by atoms with van der Waals surface area (Å²) in [5, 5.41) is 2.75. The number of ether oxygens (including phenoxy) is 1. The normalized spacial score (nSPS) is 15.7. The largest absolute Gasteiger partial charge is 0.372 e. The third-order valence-electron chi connectivity index (χ3n) is 3.02. The van der Waals surface area contributed by atoms with E-state index in [2.05, 4.69) is 21.2 Å². The number of halogens is 1. The van der Waals surface area contributed by atoms with Gasteiger partial charge in [-0.05, 0) is 24.6 Å². The second-order valence-corrected chi connectivity index (χ2v) is 5.18. The monoisotopic (exact) mass is 326 g/mol. The predicted molar refractivity (Wildman–Crippen MR) is 76.2 cm³/mol. The molecule has 0 bridgehead atoms. The lowest BCUT2D eigenvalue weighted by molar-refractivity contribution is -0.129. The van der Waals surface area contributed by atoms with Crippen LogP contribution in [-0.2, 0) is 14.3 Å². The smallest absolute Gasteiger partial charge is 0.256 e. The third kappa shape index (κ3) is 2.79. The van der Waals surface area contributed by atoms with Gasteiger partial charge >= 0.3 is 0 Å². The third-order valence-corrected chi connectivity index (χ3v) is 3.52. The number of carbonyl (C=O) groups is 2. The zero-order valence-corrected chi connectivity index (χ0v) is 12.4. The average Bonchev–Trinajstić information content (AvgIpc) is 2.39. The highest BCUT2D eigenvalue weighted by Gasteiger charge is 2.31. The van der Waals surface area contributed by atoms with Crippen molar-refractivity contribution in [1.29, 1.82) is 0 Å². The molecule has 6 heteroatoms. The molecule has 0 aliphatic carbocycles. The van der Waals surface area contributed by atoms with Crippen LogP contribution in [0.25, 0.3) is 0 Å². The molecule has 1 atom stereocenters. The predicted octanol–water partition coefficient (Wildman–Crippen LogP) is 2.16. The molecule has 1 aliphatic heterocycles. The average molecular weight is 327 g/mol. The molecule has 19 heavy (non-hydrogen) atoms. The molecule has 2 amide bonds. The van der Waals surface area contributed by atoms with Crippen molar-refractivity contribution < 1.29 is 14.3 Å². The number of amides is 2. The lowest BCUT2D eigenvalue weighted by Crippen LogP contribution is -2.47. The van der Waals surface area contributed by atoms with Crippen LogP contribution < -0.4 is 10.2 Å². The molecule has 0 fully saturated rings. The van der Waals surface area contributed by atoms with E-state index in [1.807, 2.05) is 19.1 Å². The fraction of sp³-hybridized carbons (Fsp3) is 0.385. The first-order chi connectivity index (χ1) is 9.06. The van der Waals surface area contributed by atoms with E-state index in [0.717, 1.165) is 4.47 Å². The van der Waals surface area contributed by atoms with E-state index in [9.17, 15) is 9.59 Å². The molecule has 1 aliphatic rings. The number of methoxy groups -OCH3 is 1. The van der Waals surface area contributed by atoms with Gasteiger partial charge in [0, 0.05) is 11.6 Å². The van der Waals surface area contributed by atoms with E-state index in [-0.39, 0.29) is 18.4 Å². The van der Waals surface area contributed by atoms with E-state index in [4.69, 9.17) is 4.74 Å². The number of nitrogens with zero attached hydrogens (tertiary/aromatic N) is 1. The number of benzene rings is 1. The van der Waals surface area contributed by atoms with Gasteiger partial charge in [-0.15, -0.1) is 0 Å². The molecule has 5 nitrogen and oxygen atoms in total. The van der Waals surface area contributed by atoms with E-state index >= 15 is 0 Å². The lowest BCUT2D eigenvalue weighted by atomic mass is 10.1. The van der Waals surface area contributed by atoms with Gasteiger partial charge in [0.1, 0.15) is 12.6 Å². The Morgan fingerprint density at radius 3 is 2.95 bits per heavy atom. The van der Waals surface area contributed by atoms with Crippen molar-refractivity contribution in [3.05, 3.63) is 22.7 Å². The topological polar surface area (TPSA) is 58.6 Å².